The molecule has 4 nitrogen and oxygen atoms in total. The number of nitrogens with zero attached hydrogens (tertiary/aromatic N) is 2. The summed E-state index contributed by atoms with van der Waals surface area (Å²) < 4.78 is 18.5. The van der Waals surface area contributed by atoms with E-state index in [1.807, 2.05) is 11.9 Å². The zero-order valence-corrected chi connectivity index (χ0v) is 11.2. The van der Waals surface area contributed by atoms with Crippen LogP contribution in [0.2, 0.25) is 0 Å². The zero-order valence-electron chi connectivity index (χ0n) is 11.2. The summed E-state index contributed by atoms with van der Waals surface area (Å²) in [5.74, 6) is -0.509. The smallest absolute Gasteiger partial charge is 0.261 e. The molecule has 0 atom stereocenters. The highest BCUT2D eigenvalue weighted by molar-refractivity contribution is 6.07. The molecule has 1 aromatic carbocycles. The van der Waals surface area contributed by atoms with E-state index in [-0.39, 0.29) is 11.7 Å². The van der Waals surface area contributed by atoms with Crippen LogP contribution in [-0.4, -0.2) is 26.0 Å². The van der Waals surface area contributed by atoms with Crippen molar-refractivity contribution in [1.82, 2.24) is 0 Å². The number of amides is 1. The topological polar surface area (TPSA) is 36.7 Å². The fourth-order valence-corrected chi connectivity index (χ4v) is 2.50. The lowest BCUT2D eigenvalue weighted by atomic mass is 10.2. The summed E-state index contributed by atoms with van der Waals surface area (Å²) in [7, 11) is 1.95. The van der Waals surface area contributed by atoms with Crippen LogP contribution in [0.25, 0.3) is 0 Å². The summed E-state index contributed by atoms with van der Waals surface area (Å²) >= 11 is 0. The number of furan rings is 1. The molecule has 0 unspecified atom stereocenters. The highest BCUT2D eigenvalue weighted by Gasteiger charge is 2.25. The maximum atomic E-state index is 13.6. The molecule has 0 saturated carbocycles. The normalized spacial score (nSPS) is 14.9. The van der Waals surface area contributed by atoms with Gasteiger partial charge in [0.15, 0.2) is 0 Å². The number of anilines is 2. The molecular weight excluding hydrogens is 259 g/mol. The summed E-state index contributed by atoms with van der Waals surface area (Å²) in [6.45, 7) is 1.39. The first kappa shape index (κ1) is 12.7. The quantitative estimate of drug-likeness (QED) is 0.802. The van der Waals surface area contributed by atoms with Crippen molar-refractivity contribution in [2.24, 2.45) is 0 Å². The molecule has 1 aliphatic heterocycles. The first-order valence-electron chi connectivity index (χ1n) is 6.51. The molecule has 2 heterocycles. The van der Waals surface area contributed by atoms with Crippen molar-refractivity contribution in [2.75, 3.05) is 29.9 Å². The Hall–Kier alpha value is -2.30. The second kappa shape index (κ2) is 5.00. The molecule has 0 aliphatic carbocycles. The van der Waals surface area contributed by atoms with Crippen molar-refractivity contribution in [2.45, 2.75) is 6.42 Å². The van der Waals surface area contributed by atoms with E-state index in [1.54, 1.807) is 17.0 Å². The van der Waals surface area contributed by atoms with E-state index in [9.17, 15) is 9.18 Å². The van der Waals surface area contributed by atoms with E-state index >= 15 is 0 Å². The molecule has 1 aliphatic rings. The maximum Gasteiger partial charge on any atom is 0.261 e. The van der Waals surface area contributed by atoms with Gasteiger partial charge in [-0.05, 0) is 30.7 Å². The molecule has 104 valence electrons. The number of fused-ring (bicyclic) bond motifs is 1. The van der Waals surface area contributed by atoms with Gasteiger partial charge in [0.05, 0.1) is 23.2 Å². The number of hydrogen-bond donors (Lipinski definition) is 0. The summed E-state index contributed by atoms with van der Waals surface area (Å²) in [6.07, 6.45) is 3.70. The second-order valence-electron chi connectivity index (χ2n) is 4.88. The lowest BCUT2D eigenvalue weighted by molar-refractivity contribution is 0.0986. The Morgan fingerprint density at radius 1 is 1.25 bits per heavy atom. The fourth-order valence-electron chi connectivity index (χ4n) is 2.50. The molecule has 0 saturated heterocycles. The van der Waals surface area contributed by atoms with Crippen LogP contribution in [0.5, 0.6) is 0 Å². The molecule has 1 amide bonds. The van der Waals surface area contributed by atoms with Crippen LogP contribution < -0.4 is 9.80 Å². The highest BCUT2D eigenvalue weighted by Crippen LogP contribution is 2.33. The monoisotopic (exact) mass is 274 g/mol. The predicted octanol–water partition coefficient (Wildman–Crippen LogP) is 2.91. The Morgan fingerprint density at radius 3 is 2.85 bits per heavy atom. The lowest BCUT2D eigenvalue weighted by Gasteiger charge is -2.24. The Labute approximate surface area is 116 Å². The third-order valence-corrected chi connectivity index (χ3v) is 3.53. The van der Waals surface area contributed by atoms with Crippen molar-refractivity contribution in [3.05, 3.63) is 48.2 Å². The SMILES string of the molecule is CN1CCCN(C(=O)c2ccoc2)c2cc(F)ccc21. The van der Waals surface area contributed by atoms with Gasteiger partial charge < -0.3 is 14.2 Å². The molecule has 0 N–H and O–H groups in total. The summed E-state index contributed by atoms with van der Waals surface area (Å²) in [6, 6.07) is 6.16. The van der Waals surface area contributed by atoms with E-state index < -0.39 is 0 Å². The minimum Gasteiger partial charge on any atom is -0.472 e. The van der Waals surface area contributed by atoms with Crippen molar-refractivity contribution in [1.29, 1.82) is 0 Å². The van der Waals surface area contributed by atoms with Crippen molar-refractivity contribution in [3.63, 3.8) is 0 Å². The summed E-state index contributed by atoms with van der Waals surface area (Å²) in [5, 5.41) is 0. The van der Waals surface area contributed by atoms with Crippen molar-refractivity contribution in [3.8, 4) is 0 Å². The number of carbonyl (C=O) groups excluding carboxylic acids is 1. The van der Waals surface area contributed by atoms with Gasteiger partial charge in [-0.2, -0.15) is 0 Å². The predicted molar refractivity (Wildman–Crippen MR) is 74.7 cm³/mol. The molecule has 5 heteroatoms. The second-order valence-corrected chi connectivity index (χ2v) is 4.88. The first-order chi connectivity index (χ1) is 9.66. The Morgan fingerprint density at radius 2 is 2.10 bits per heavy atom. The van der Waals surface area contributed by atoms with Gasteiger partial charge in [0.25, 0.3) is 5.91 Å². The van der Waals surface area contributed by atoms with Crippen LogP contribution in [-0.2, 0) is 0 Å². The number of benzene rings is 1. The number of hydrogen-bond acceptors (Lipinski definition) is 3. The highest BCUT2D eigenvalue weighted by atomic mass is 19.1. The maximum absolute atomic E-state index is 13.6. The molecule has 20 heavy (non-hydrogen) atoms. The van der Waals surface area contributed by atoms with Crippen molar-refractivity contribution >= 4 is 17.3 Å². The molecule has 0 bridgehead atoms. The van der Waals surface area contributed by atoms with Crippen LogP contribution in [0.15, 0.2) is 41.2 Å². The van der Waals surface area contributed by atoms with Gasteiger partial charge >= 0.3 is 0 Å². The molecular formula is C15H15FN2O2. The van der Waals surface area contributed by atoms with Crippen LogP contribution >= 0.6 is 0 Å². The average Bonchev–Trinajstić information content (AvgIpc) is 2.91. The molecule has 0 fully saturated rings. The fraction of sp³-hybridized carbons (Fsp3) is 0.267. The minimum absolute atomic E-state index is 0.166. The number of carbonyl (C=O) groups is 1. The summed E-state index contributed by atoms with van der Waals surface area (Å²) in [4.78, 5) is 16.2. The van der Waals surface area contributed by atoms with E-state index in [0.717, 1.165) is 18.7 Å². The van der Waals surface area contributed by atoms with Gasteiger partial charge in [0, 0.05) is 20.1 Å². The van der Waals surface area contributed by atoms with E-state index in [2.05, 4.69) is 0 Å². The van der Waals surface area contributed by atoms with Gasteiger partial charge in [-0.1, -0.05) is 0 Å². The van der Waals surface area contributed by atoms with Crippen LogP contribution in [0.3, 0.4) is 0 Å². The largest absolute Gasteiger partial charge is 0.472 e. The molecule has 0 spiro atoms. The Bertz CT molecular complexity index is 625. The lowest BCUT2D eigenvalue weighted by Crippen LogP contribution is -2.31. The van der Waals surface area contributed by atoms with Gasteiger partial charge in [-0.25, -0.2) is 4.39 Å². The number of halogens is 1. The Balaban J connectivity index is 2.06. The third-order valence-electron chi connectivity index (χ3n) is 3.53. The van der Waals surface area contributed by atoms with E-state index in [1.165, 1.54) is 24.7 Å². The standard InChI is InChI=1S/C15H15FN2O2/c1-17-6-2-7-18(15(19)11-5-8-20-10-11)14-9-12(16)3-4-13(14)17/h3-5,8-10H,2,6-7H2,1H3. The van der Waals surface area contributed by atoms with Gasteiger partial charge in [0.2, 0.25) is 0 Å². The zero-order chi connectivity index (χ0) is 14.1. The third kappa shape index (κ3) is 2.15. The number of rotatable bonds is 1. The van der Waals surface area contributed by atoms with Crippen LogP contribution in [0.1, 0.15) is 16.8 Å². The van der Waals surface area contributed by atoms with Crippen molar-refractivity contribution < 1.29 is 13.6 Å². The van der Waals surface area contributed by atoms with E-state index in [4.69, 9.17) is 4.42 Å². The Kier molecular flexibility index (Phi) is 3.18. The molecule has 0 radical (unpaired) electrons. The molecule has 1 aromatic heterocycles. The van der Waals surface area contributed by atoms with Gasteiger partial charge in [-0.15, -0.1) is 0 Å². The molecule has 3 rings (SSSR count). The summed E-state index contributed by atoms with van der Waals surface area (Å²) in [5.41, 5.74) is 1.95. The molecule has 2 aromatic rings. The van der Waals surface area contributed by atoms with Crippen LogP contribution in [0.4, 0.5) is 15.8 Å². The van der Waals surface area contributed by atoms with E-state index in [0.29, 0.717) is 17.8 Å². The first-order valence-corrected chi connectivity index (χ1v) is 6.51. The van der Waals surface area contributed by atoms with Gasteiger partial charge in [-0.3, -0.25) is 4.79 Å². The average molecular weight is 274 g/mol. The minimum atomic E-state index is -0.343. The van der Waals surface area contributed by atoms with Crippen LogP contribution in [0, 0.1) is 5.82 Å². The van der Waals surface area contributed by atoms with Gasteiger partial charge in [0.1, 0.15) is 12.1 Å².